The van der Waals surface area contributed by atoms with Crippen LogP contribution in [0.1, 0.15) is 17.3 Å². The topological polar surface area (TPSA) is 79.4 Å². The van der Waals surface area contributed by atoms with Crippen molar-refractivity contribution in [2.24, 2.45) is 0 Å². The number of thiazole rings is 1. The Balaban J connectivity index is 1.50. The summed E-state index contributed by atoms with van der Waals surface area (Å²) < 4.78 is 27.5. The van der Waals surface area contributed by atoms with Crippen LogP contribution in [-0.4, -0.2) is 25.9 Å². The second kappa shape index (κ2) is 9.01. The minimum absolute atomic E-state index is 0.129. The molecule has 0 bridgehead atoms. The molecule has 2 aromatic heterocycles. The zero-order chi connectivity index (χ0) is 21.8. The van der Waals surface area contributed by atoms with Crippen LogP contribution >= 0.6 is 22.7 Å². The van der Waals surface area contributed by atoms with Gasteiger partial charge in [0.2, 0.25) is 0 Å². The van der Waals surface area contributed by atoms with Crippen molar-refractivity contribution in [3.05, 3.63) is 83.1 Å². The standard InChI is InChI=1S/C22H19N3O3S3/c1-2-25(17-7-4-3-5-8-17)31(27,28)18-12-10-16(11-13-18)21(26)24-22-23-19(15-30-22)20-9-6-14-29-20/h3-15H,2H2,1H3,(H,23,24,26). The number of hydrogen-bond donors (Lipinski definition) is 1. The molecule has 0 aliphatic rings. The maximum absolute atomic E-state index is 13.1. The largest absolute Gasteiger partial charge is 0.298 e. The summed E-state index contributed by atoms with van der Waals surface area (Å²) in [6.45, 7) is 2.08. The molecule has 0 spiro atoms. The van der Waals surface area contributed by atoms with Gasteiger partial charge in [-0.3, -0.25) is 14.4 Å². The van der Waals surface area contributed by atoms with E-state index in [1.54, 1.807) is 42.5 Å². The summed E-state index contributed by atoms with van der Waals surface area (Å²) in [5.74, 6) is -0.341. The van der Waals surface area contributed by atoms with E-state index >= 15 is 0 Å². The van der Waals surface area contributed by atoms with E-state index in [2.05, 4.69) is 10.3 Å². The number of hydrogen-bond acceptors (Lipinski definition) is 6. The number of thiophene rings is 1. The van der Waals surface area contributed by atoms with Gasteiger partial charge in [0.25, 0.3) is 15.9 Å². The quantitative estimate of drug-likeness (QED) is 0.396. The number of carbonyl (C=O) groups excluding carboxylic acids is 1. The number of carbonyl (C=O) groups is 1. The summed E-state index contributed by atoms with van der Waals surface area (Å²) in [5, 5.41) is 7.12. The summed E-state index contributed by atoms with van der Waals surface area (Å²) in [4.78, 5) is 18.2. The van der Waals surface area contributed by atoms with Crippen LogP contribution in [0.15, 0.2) is 82.4 Å². The molecule has 31 heavy (non-hydrogen) atoms. The van der Waals surface area contributed by atoms with Crippen LogP contribution in [0.4, 0.5) is 10.8 Å². The third-order valence-corrected chi connectivity index (χ3v) is 8.10. The van der Waals surface area contributed by atoms with Crippen molar-refractivity contribution in [2.45, 2.75) is 11.8 Å². The normalized spacial score (nSPS) is 11.3. The molecule has 2 aromatic carbocycles. The van der Waals surface area contributed by atoms with Gasteiger partial charge in [-0.05, 0) is 54.8 Å². The van der Waals surface area contributed by atoms with E-state index in [4.69, 9.17) is 0 Å². The van der Waals surface area contributed by atoms with Gasteiger partial charge >= 0.3 is 0 Å². The minimum Gasteiger partial charge on any atom is -0.298 e. The van der Waals surface area contributed by atoms with Crippen LogP contribution in [0, 0.1) is 0 Å². The lowest BCUT2D eigenvalue weighted by Crippen LogP contribution is -2.30. The van der Waals surface area contributed by atoms with Gasteiger partial charge in [-0.2, -0.15) is 0 Å². The molecule has 158 valence electrons. The van der Waals surface area contributed by atoms with Gasteiger partial charge in [0.1, 0.15) is 0 Å². The molecule has 2 heterocycles. The summed E-state index contributed by atoms with van der Waals surface area (Å²) in [7, 11) is -3.73. The number of nitrogens with zero attached hydrogens (tertiary/aromatic N) is 2. The van der Waals surface area contributed by atoms with E-state index in [-0.39, 0.29) is 10.8 Å². The lowest BCUT2D eigenvalue weighted by atomic mass is 10.2. The first-order valence-corrected chi connectivity index (χ1v) is 12.7. The van der Waals surface area contributed by atoms with Crippen LogP contribution in [-0.2, 0) is 10.0 Å². The Morgan fingerprint density at radius 2 is 1.74 bits per heavy atom. The fourth-order valence-corrected chi connectivity index (χ4v) is 5.97. The number of aromatic nitrogens is 1. The van der Waals surface area contributed by atoms with Crippen molar-refractivity contribution in [3.8, 4) is 10.6 Å². The van der Waals surface area contributed by atoms with Gasteiger partial charge in [-0.15, -0.1) is 22.7 Å². The highest BCUT2D eigenvalue weighted by molar-refractivity contribution is 7.92. The average Bonchev–Trinajstić information content (AvgIpc) is 3.47. The molecular weight excluding hydrogens is 450 g/mol. The van der Waals surface area contributed by atoms with Crippen molar-refractivity contribution in [1.29, 1.82) is 0 Å². The Morgan fingerprint density at radius 1 is 1.00 bits per heavy atom. The maximum atomic E-state index is 13.1. The van der Waals surface area contributed by atoms with Crippen LogP contribution in [0.5, 0.6) is 0 Å². The van der Waals surface area contributed by atoms with Crippen molar-refractivity contribution < 1.29 is 13.2 Å². The third-order valence-electron chi connectivity index (χ3n) is 4.53. The highest BCUT2D eigenvalue weighted by Gasteiger charge is 2.23. The summed E-state index contributed by atoms with van der Waals surface area (Å²) >= 11 is 2.93. The number of para-hydroxylation sites is 1. The van der Waals surface area contributed by atoms with Crippen LogP contribution in [0.2, 0.25) is 0 Å². The highest BCUT2D eigenvalue weighted by atomic mass is 32.2. The molecule has 0 aliphatic heterocycles. The molecular formula is C22H19N3O3S3. The van der Waals surface area contributed by atoms with E-state index in [1.165, 1.54) is 39.9 Å². The van der Waals surface area contributed by atoms with Gasteiger partial charge in [-0.25, -0.2) is 13.4 Å². The molecule has 0 atom stereocenters. The van der Waals surface area contributed by atoms with Gasteiger partial charge in [-0.1, -0.05) is 24.3 Å². The Hall–Kier alpha value is -3.01. The molecule has 0 saturated carbocycles. The molecule has 0 radical (unpaired) electrons. The highest BCUT2D eigenvalue weighted by Crippen LogP contribution is 2.29. The second-order valence-electron chi connectivity index (χ2n) is 6.50. The number of nitrogens with one attached hydrogen (secondary N) is 1. The van der Waals surface area contributed by atoms with E-state index in [0.29, 0.717) is 22.9 Å². The predicted octanol–water partition coefficient (Wildman–Crippen LogP) is 5.34. The van der Waals surface area contributed by atoms with Crippen molar-refractivity contribution in [3.63, 3.8) is 0 Å². The van der Waals surface area contributed by atoms with Crippen molar-refractivity contribution in [2.75, 3.05) is 16.2 Å². The number of rotatable bonds is 7. The first-order chi connectivity index (χ1) is 15.0. The first kappa shape index (κ1) is 21.2. The molecule has 0 fully saturated rings. The summed E-state index contributed by atoms with van der Waals surface area (Å²) in [6.07, 6.45) is 0. The van der Waals surface area contributed by atoms with Crippen molar-refractivity contribution in [1.82, 2.24) is 4.98 Å². The van der Waals surface area contributed by atoms with Gasteiger partial charge in [0, 0.05) is 17.5 Å². The number of sulfonamides is 1. The number of anilines is 2. The Morgan fingerprint density at radius 3 is 2.39 bits per heavy atom. The SMILES string of the molecule is CCN(c1ccccc1)S(=O)(=O)c1ccc(C(=O)Nc2nc(-c3cccs3)cs2)cc1. The smallest absolute Gasteiger partial charge is 0.264 e. The first-order valence-electron chi connectivity index (χ1n) is 9.47. The fourth-order valence-electron chi connectivity index (χ4n) is 3.03. The lowest BCUT2D eigenvalue weighted by molar-refractivity contribution is 0.102. The van der Waals surface area contributed by atoms with Crippen LogP contribution < -0.4 is 9.62 Å². The molecule has 0 aliphatic carbocycles. The van der Waals surface area contributed by atoms with E-state index in [0.717, 1.165) is 10.6 Å². The molecule has 4 rings (SSSR count). The Bertz CT molecular complexity index is 1270. The van der Waals surface area contributed by atoms with Crippen LogP contribution in [0.3, 0.4) is 0 Å². The molecule has 0 unspecified atom stereocenters. The zero-order valence-electron chi connectivity index (χ0n) is 16.6. The molecule has 9 heteroatoms. The second-order valence-corrected chi connectivity index (χ2v) is 10.2. The summed E-state index contributed by atoms with van der Waals surface area (Å²) in [5.41, 5.74) is 1.77. The van der Waals surface area contributed by atoms with Gasteiger partial charge in [0.15, 0.2) is 5.13 Å². The molecule has 1 amide bonds. The van der Waals surface area contributed by atoms with Crippen LogP contribution in [0.25, 0.3) is 10.6 Å². The lowest BCUT2D eigenvalue weighted by Gasteiger charge is -2.22. The van der Waals surface area contributed by atoms with Gasteiger partial charge < -0.3 is 0 Å². The zero-order valence-corrected chi connectivity index (χ0v) is 19.0. The van der Waals surface area contributed by atoms with E-state index in [9.17, 15) is 13.2 Å². The van der Waals surface area contributed by atoms with Crippen molar-refractivity contribution >= 4 is 49.4 Å². The third kappa shape index (κ3) is 4.53. The fraction of sp³-hybridized carbons (Fsp3) is 0.0909. The number of amides is 1. The predicted molar refractivity (Wildman–Crippen MR) is 126 cm³/mol. The molecule has 6 nitrogen and oxygen atoms in total. The molecule has 0 saturated heterocycles. The monoisotopic (exact) mass is 469 g/mol. The Kier molecular flexibility index (Phi) is 6.17. The average molecular weight is 470 g/mol. The number of benzene rings is 2. The molecule has 4 aromatic rings. The minimum atomic E-state index is -3.73. The van der Waals surface area contributed by atoms with E-state index < -0.39 is 10.0 Å². The maximum Gasteiger partial charge on any atom is 0.264 e. The van der Waals surface area contributed by atoms with E-state index in [1.807, 2.05) is 29.0 Å². The molecule has 1 N–H and O–H groups in total. The Labute approximate surface area is 188 Å². The summed E-state index contributed by atoms with van der Waals surface area (Å²) in [6, 6.07) is 18.8. The van der Waals surface area contributed by atoms with Gasteiger partial charge in [0.05, 0.1) is 21.2 Å².